The van der Waals surface area contributed by atoms with Crippen molar-refractivity contribution in [3.05, 3.63) is 21.0 Å². The van der Waals surface area contributed by atoms with Crippen LogP contribution in [0, 0.1) is 5.92 Å². The van der Waals surface area contributed by atoms with Crippen LogP contribution in [0.4, 0.5) is 0 Å². The third kappa shape index (κ3) is 6.60. The molecule has 0 saturated carbocycles. The van der Waals surface area contributed by atoms with Crippen molar-refractivity contribution < 1.29 is 9.15 Å². The van der Waals surface area contributed by atoms with Gasteiger partial charge in [-0.2, -0.15) is 0 Å². The number of hydrogen-bond acceptors (Lipinski definition) is 3. The van der Waals surface area contributed by atoms with E-state index in [0.717, 1.165) is 47.6 Å². The molecule has 0 saturated heterocycles. The Morgan fingerprint density at radius 1 is 1.35 bits per heavy atom. The lowest BCUT2D eigenvalue weighted by Gasteiger charge is -2.06. The summed E-state index contributed by atoms with van der Waals surface area (Å²) >= 11 is 6.69. The van der Waals surface area contributed by atoms with Gasteiger partial charge in [-0.3, -0.25) is 0 Å². The van der Waals surface area contributed by atoms with E-state index in [2.05, 4.69) is 51.0 Å². The fraction of sp³-hybridized carbons (Fsp3) is 0.667. The van der Waals surface area contributed by atoms with Crippen molar-refractivity contribution in [3.63, 3.8) is 0 Å². The predicted octanol–water partition coefficient (Wildman–Crippen LogP) is 3.96. The summed E-state index contributed by atoms with van der Waals surface area (Å²) in [5.74, 6) is 1.62. The van der Waals surface area contributed by atoms with E-state index in [1.165, 1.54) is 0 Å². The first kappa shape index (κ1) is 15.2. The predicted molar refractivity (Wildman–Crippen MR) is 76.1 cm³/mol. The molecule has 0 radical (unpaired) electrons. The first-order valence-electron chi connectivity index (χ1n) is 5.81. The molecule has 0 aliphatic rings. The second kappa shape index (κ2) is 8.29. The molecular weight excluding hydrogens is 350 g/mol. The molecule has 17 heavy (non-hydrogen) atoms. The van der Waals surface area contributed by atoms with Crippen molar-refractivity contribution in [2.24, 2.45) is 5.92 Å². The van der Waals surface area contributed by atoms with Gasteiger partial charge in [0.15, 0.2) is 4.67 Å². The third-order valence-electron chi connectivity index (χ3n) is 2.26. The van der Waals surface area contributed by atoms with Gasteiger partial charge < -0.3 is 14.5 Å². The molecule has 3 nitrogen and oxygen atoms in total. The monoisotopic (exact) mass is 367 g/mol. The highest BCUT2D eigenvalue weighted by molar-refractivity contribution is 9.13. The van der Waals surface area contributed by atoms with E-state index in [-0.39, 0.29) is 0 Å². The summed E-state index contributed by atoms with van der Waals surface area (Å²) in [6.45, 7) is 7.56. The summed E-state index contributed by atoms with van der Waals surface area (Å²) in [5, 5.41) is 3.27. The molecule has 0 spiro atoms. The van der Waals surface area contributed by atoms with Crippen LogP contribution >= 0.6 is 31.9 Å². The Hall–Kier alpha value is 0.160. The van der Waals surface area contributed by atoms with Gasteiger partial charge in [0.2, 0.25) is 0 Å². The molecule has 1 aromatic heterocycles. The first-order valence-corrected chi connectivity index (χ1v) is 7.40. The van der Waals surface area contributed by atoms with Crippen LogP contribution in [0.3, 0.4) is 0 Å². The van der Waals surface area contributed by atoms with Crippen molar-refractivity contribution in [1.82, 2.24) is 5.32 Å². The van der Waals surface area contributed by atoms with Gasteiger partial charge in [-0.15, -0.1) is 0 Å². The summed E-state index contributed by atoms with van der Waals surface area (Å²) in [6, 6.07) is 1.96. The minimum Gasteiger partial charge on any atom is -0.452 e. The normalized spacial score (nSPS) is 11.4. The van der Waals surface area contributed by atoms with Crippen LogP contribution in [-0.2, 0) is 11.3 Å². The number of halogens is 2. The van der Waals surface area contributed by atoms with Crippen molar-refractivity contribution in [2.75, 3.05) is 19.8 Å². The van der Waals surface area contributed by atoms with Crippen LogP contribution in [0.25, 0.3) is 0 Å². The summed E-state index contributed by atoms with van der Waals surface area (Å²) in [5.41, 5.74) is 0. The Bertz CT molecular complexity index is 307. The van der Waals surface area contributed by atoms with Crippen LogP contribution in [0.5, 0.6) is 0 Å². The first-order chi connectivity index (χ1) is 8.09. The second-order valence-corrected chi connectivity index (χ2v) is 5.88. The van der Waals surface area contributed by atoms with Crippen molar-refractivity contribution >= 4 is 31.9 Å². The molecule has 0 aliphatic heterocycles. The van der Waals surface area contributed by atoms with E-state index in [9.17, 15) is 0 Å². The highest BCUT2D eigenvalue weighted by Crippen LogP contribution is 2.26. The molecule has 98 valence electrons. The Morgan fingerprint density at radius 2 is 2.12 bits per heavy atom. The molecule has 5 heteroatoms. The number of ether oxygens (including phenoxy) is 1. The fourth-order valence-corrected chi connectivity index (χ4v) is 1.91. The zero-order chi connectivity index (χ0) is 12.7. The van der Waals surface area contributed by atoms with Gasteiger partial charge in [0.1, 0.15) is 5.76 Å². The maximum Gasteiger partial charge on any atom is 0.183 e. The van der Waals surface area contributed by atoms with Gasteiger partial charge in [0, 0.05) is 13.2 Å². The molecule has 0 bridgehead atoms. The zero-order valence-electron chi connectivity index (χ0n) is 10.3. The second-order valence-electron chi connectivity index (χ2n) is 4.31. The molecule has 0 amide bonds. The summed E-state index contributed by atoms with van der Waals surface area (Å²) in [6.07, 6.45) is 1.12. The van der Waals surface area contributed by atoms with E-state index < -0.39 is 0 Å². The quantitative estimate of drug-likeness (QED) is 0.705. The van der Waals surface area contributed by atoms with Gasteiger partial charge in [0.05, 0.1) is 17.6 Å². The number of rotatable bonds is 8. The lowest BCUT2D eigenvalue weighted by molar-refractivity contribution is 0.125. The largest absolute Gasteiger partial charge is 0.452 e. The zero-order valence-corrected chi connectivity index (χ0v) is 13.4. The van der Waals surface area contributed by atoms with E-state index in [1.54, 1.807) is 0 Å². The molecular formula is C12H19Br2NO2. The number of furan rings is 1. The van der Waals surface area contributed by atoms with Gasteiger partial charge in [-0.05, 0) is 50.3 Å². The summed E-state index contributed by atoms with van der Waals surface area (Å²) in [7, 11) is 0. The van der Waals surface area contributed by atoms with E-state index >= 15 is 0 Å². The molecule has 0 fully saturated rings. The summed E-state index contributed by atoms with van der Waals surface area (Å²) < 4.78 is 12.6. The molecule has 0 unspecified atom stereocenters. The lowest BCUT2D eigenvalue weighted by Crippen LogP contribution is -2.19. The van der Waals surface area contributed by atoms with Gasteiger partial charge in [0.25, 0.3) is 0 Å². The third-order valence-corrected chi connectivity index (χ3v) is 3.97. The minimum atomic E-state index is 0.709. The minimum absolute atomic E-state index is 0.709. The molecule has 1 rings (SSSR count). The molecule has 1 N–H and O–H groups in total. The van der Waals surface area contributed by atoms with Crippen LogP contribution in [-0.4, -0.2) is 19.8 Å². The average Bonchev–Trinajstić information content (AvgIpc) is 2.56. The van der Waals surface area contributed by atoms with E-state index in [0.29, 0.717) is 5.92 Å². The average molecular weight is 369 g/mol. The van der Waals surface area contributed by atoms with Crippen LogP contribution in [0.15, 0.2) is 19.6 Å². The molecule has 0 aliphatic carbocycles. The molecule has 1 heterocycles. The van der Waals surface area contributed by atoms with Gasteiger partial charge in [-0.25, -0.2) is 0 Å². The SMILES string of the molecule is CC(C)CCOCCNCc1cc(Br)c(Br)o1. The van der Waals surface area contributed by atoms with Crippen molar-refractivity contribution in [2.45, 2.75) is 26.8 Å². The van der Waals surface area contributed by atoms with E-state index in [4.69, 9.17) is 9.15 Å². The van der Waals surface area contributed by atoms with Crippen LogP contribution in [0.1, 0.15) is 26.0 Å². The maximum atomic E-state index is 5.50. The fourth-order valence-electron chi connectivity index (χ4n) is 1.26. The molecule has 1 aromatic rings. The van der Waals surface area contributed by atoms with Crippen LogP contribution in [0.2, 0.25) is 0 Å². The Kier molecular flexibility index (Phi) is 7.43. The molecule has 0 aromatic carbocycles. The number of hydrogen-bond donors (Lipinski definition) is 1. The van der Waals surface area contributed by atoms with E-state index in [1.807, 2.05) is 6.07 Å². The van der Waals surface area contributed by atoms with Crippen molar-refractivity contribution in [3.8, 4) is 0 Å². The van der Waals surface area contributed by atoms with Crippen molar-refractivity contribution in [1.29, 1.82) is 0 Å². The van der Waals surface area contributed by atoms with Gasteiger partial charge >= 0.3 is 0 Å². The molecule has 0 atom stereocenters. The standard InChI is InChI=1S/C12H19Br2NO2/c1-9(2)3-5-16-6-4-15-8-10-7-11(13)12(14)17-10/h7,9,15H,3-6,8H2,1-2H3. The maximum absolute atomic E-state index is 5.50. The lowest BCUT2D eigenvalue weighted by atomic mass is 10.1. The van der Waals surface area contributed by atoms with Crippen LogP contribution < -0.4 is 5.32 Å². The number of nitrogens with one attached hydrogen (secondary N) is 1. The smallest absolute Gasteiger partial charge is 0.183 e. The Morgan fingerprint density at radius 3 is 2.71 bits per heavy atom. The highest BCUT2D eigenvalue weighted by atomic mass is 79.9. The Labute approximate surface area is 120 Å². The highest BCUT2D eigenvalue weighted by Gasteiger charge is 2.04. The summed E-state index contributed by atoms with van der Waals surface area (Å²) in [4.78, 5) is 0. The van der Waals surface area contributed by atoms with Gasteiger partial charge in [-0.1, -0.05) is 13.8 Å². The Balaban J connectivity index is 2.01. The topological polar surface area (TPSA) is 34.4 Å².